The molecule has 25 nitrogen and oxygen atoms in total. The summed E-state index contributed by atoms with van der Waals surface area (Å²) < 4.78 is 0. The zero-order valence-corrected chi connectivity index (χ0v) is 36.8. The molecule has 374 valence electrons. The van der Waals surface area contributed by atoms with Crippen LogP contribution in [0.25, 0.3) is 0 Å². The van der Waals surface area contributed by atoms with E-state index in [1.54, 1.807) is 0 Å². The molecule has 1 atom stereocenters. The van der Waals surface area contributed by atoms with Crippen molar-refractivity contribution in [3.63, 3.8) is 0 Å². The summed E-state index contributed by atoms with van der Waals surface area (Å²) in [6.45, 7) is 0. The fourth-order valence-electron chi connectivity index (χ4n) is 7.73. The van der Waals surface area contributed by atoms with Crippen molar-refractivity contribution in [1.82, 2.24) is 21.3 Å². The number of rotatable bonds is 40. The van der Waals surface area contributed by atoms with E-state index in [9.17, 15) is 103 Å². The first-order chi connectivity index (χ1) is 30.7. The topological polar surface area (TPSA) is 435 Å². The summed E-state index contributed by atoms with van der Waals surface area (Å²) in [4.78, 5) is 145. The molecule has 13 N–H and O–H groups in total. The van der Waals surface area contributed by atoms with Crippen LogP contribution in [-0.2, 0) is 57.5 Å². The van der Waals surface area contributed by atoms with Crippen LogP contribution in [0.1, 0.15) is 148 Å². The second-order valence-electron chi connectivity index (χ2n) is 16.6. The van der Waals surface area contributed by atoms with Gasteiger partial charge in [-0.15, -0.1) is 0 Å². The van der Waals surface area contributed by atoms with Crippen molar-refractivity contribution in [3.8, 4) is 0 Å². The van der Waals surface area contributed by atoms with Crippen LogP contribution in [-0.4, -0.2) is 153 Å². The van der Waals surface area contributed by atoms with Crippen LogP contribution in [0, 0.1) is 0 Å². The maximum absolute atomic E-state index is 13.7. The van der Waals surface area contributed by atoms with Crippen molar-refractivity contribution >= 4 is 71.8 Å². The number of aldehydes is 1. The molecule has 0 heterocycles. The number of carboxylic acid groups (broad SMARTS) is 8. The Morgan fingerprint density at radius 3 is 0.758 bits per heavy atom. The van der Waals surface area contributed by atoms with E-state index in [1.807, 2.05) is 0 Å². The lowest BCUT2D eigenvalue weighted by Gasteiger charge is -2.38. The fraction of sp³-hybridized carbons (Fsp3) is 0.707. The minimum absolute atomic E-state index is 0.115. The fourth-order valence-corrected chi connectivity index (χ4v) is 7.73. The maximum atomic E-state index is 13.7. The van der Waals surface area contributed by atoms with E-state index in [1.165, 1.54) is 7.05 Å². The van der Waals surface area contributed by atoms with Gasteiger partial charge in [-0.1, -0.05) is 0 Å². The van der Waals surface area contributed by atoms with Crippen LogP contribution < -0.4 is 21.3 Å². The lowest BCUT2D eigenvalue weighted by Crippen LogP contribution is -2.53. The van der Waals surface area contributed by atoms with Crippen molar-refractivity contribution in [2.45, 2.75) is 176 Å². The van der Waals surface area contributed by atoms with Gasteiger partial charge in [0, 0.05) is 99.2 Å². The molecule has 0 spiro atoms. The summed E-state index contributed by atoms with van der Waals surface area (Å²) >= 11 is 0. The van der Waals surface area contributed by atoms with Crippen LogP contribution in [0.5, 0.6) is 0 Å². The zero-order valence-electron chi connectivity index (χ0n) is 36.8. The Labute approximate surface area is 379 Å². The van der Waals surface area contributed by atoms with Gasteiger partial charge in [0.15, 0.2) is 0 Å². The molecule has 0 aromatic rings. The predicted molar refractivity (Wildman–Crippen MR) is 224 cm³/mol. The smallest absolute Gasteiger partial charge is 0.303 e. The van der Waals surface area contributed by atoms with Gasteiger partial charge in [-0.25, -0.2) is 0 Å². The summed E-state index contributed by atoms with van der Waals surface area (Å²) in [5.74, 6) is -13.1. The lowest BCUT2D eigenvalue weighted by molar-refractivity contribution is -0.141. The summed E-state index contributed by atoms with van der Waals surface area (Å²) in [7, 11) is 1.39. The van der Waals surface area contributed by atoms with Crippen LogP contribution in [0.2, 0.25) is 0 Å². The molecule has 0 rings (SSSR count). The summed E-state index contributed by atoms with van der Waals surface area (Å²) in [5, 5.41) is 96.3. The number of hydrogen-bond acceptors (Lipinski definition) is 14. The Bertz CT molecular complexity index is 1540. The Morgan fingerprint density at radius 1 is 0.364 bits per heavy atom. The van der Waals surface area contributed by atoms with Crippen molar-refractivity contribution in [2.24, 2.45) is 0 Å². The summed E-state index contributed by atoms with van der Waals surface area (Å²) in [6, 6.07) is 0. The van der Waals surface area contributed by atoms with E-state index < -0.39 is 184 Å². The first-order valence-electron chi connectivity index (χ1n) is 21.2. The second kappa shape index (κ2) is 29.3. The maximum Gasteiger partial charge on any atom is 0.303 e. The average Bonchev–Trinajstić information content (AvgIpc) is 3.22. The van der Waals surface area contributed by atoms with Crippen LogP contribution in [0.4, 0.5) is 0 Å². The van der Waals surface area contributed by atoms with Crippen molar-refractivity contribution in [3.05, 3.63) is 0 Å². The van der Waals surface area contributed by atoms with E-state index in [0.717, 1.165) is 0 Å². The van der Waals surface area contributed by atoms with Gasteiger partial charge in [-0.3, -0.25) is 52.7 Å². The number of carbonyl (C=O) groups is 12. The Kier molecular flexibility index (Phi) is 26.6. The van der Waals surface area contributed by atoms with Gasteiger partial charge in [0.1, 0.15) is 12.4 Å². The molecule has 0 aliphatic rings. The molecule has 66 heavy (non-hydrogen) atoms. The second-order valence-corrected chi connectivity index (χ2v) is 16.6. The molecule has 0 aliphatic carbocycles. The van der Waals surface area contributed by atoms with E-state index >= 15 is 0 Å². The molecular formula is C41H64N4O21. The van der Waals surface area contributed by atoms with Crippen molar-refractivity contribution in [2.75, 3.05) is 7.05 Å². The van der Waals surface area contributed by atoms with Gasteiger partial charge >= 0.3 is 47.8 Å². The van der Waals surface area contributed by atoms with Gasteiger partial charge in [0.25, 0.3) is 0 Å². The third kappa shape index (κ3) is 25.9. The highest BCUT2D eigenvalue weighted by Gasteiger charge is 2.39. The Morgan fingerprint density at radius 2 is 0.561 bits per heavy atom. The summed E-state index contributed by atoms with van der Waals surface area (Å²) in [6.07, 6.45) is -12.1. The number of aliphatic hydroxyl groups excluding tert-OH is 1. The first-order valence-corrected chi connectivity index (χ1v) is 21.2. The number of carboxylic acids is 8. The zero-order chi connectivity index (χ0) is 50.7. The third-order valence-corrected chi connectivity index (χ3v) is 11.5. The molecular weight excluding hydrogens is 884 g/mol. The van der Waals surface area contributed by atoms with Crippen LogP contribution >= 0.6 is 0 Å². The summed E-state index contributed by atoms with van der Waals surface area (Å²) in [5.41, 5.74) is -6.40. The van der Waals surface area contributed by atoms with Gasteiger partial charge < -0.3 is 72.0 Å². The lowest BCUT2D eigenvalue weighted by atomic mass is 9.80. The molecule has 0 aromatic heterocycles. The Balaban J connectivity index is 7.12. The number of amides is 3. The predicted octanol–water partition coefficient (Wildman–Crippen LogP) is 0.719. The standard InChI is InChI=1S/C41H64N4O21/c1-42-38(13-2-27(48)43-39(16-5-30(51)52,17-6-31(53)54)18-7-32(55)56,14-3-28(49)44-40(19-8-33(57)58,20-9-34(59)60)21-10-35(61)62)15-4-29(50)45-41(22-11-36(63)64,23-12-37(65)66)24-26(47)25-46/h25-26,42,47H,2-24H2,1H3,(H,43,48)(H,44,49)(H,45,50)(H,51,52)(H,53,54)(H,55,56)(H,57,58)(H,59,60)(H,61,62)(H,63,64)(H,65,66). The molecule has 3 amide bonds. The van der Waals surface area contributed by atoms with Gasteiger partial charge in [0.05, 0.1) is 0 Å². The van der Waals surface area contributed by atoms with Crippen LogP contribution in [0.3, 0.4) is 0 Å². The highest BCUT2D eigenvalue weighted by atomic mass is 16.4. The number of aliphatic hydroxyl groups is 1. The van der Waals surface area contributed by atoms with E-state index in [4.69, 9.17) is 0 Å². The van der Waals surface area contributed by atoms with Gasteiger partial charge in [0.2, 0.25) is 17.7 Å². The first kappa shape index (κ1) is 59.8. The van der Waals surface area contributed by atoms with Crippen LogP contribution in [0.15, 0.2) is 0 Å². The van der Waals surface area contributed by atoms with Gasteiger partial charge in [-0.05, 0) is 77.7 Å². The average molecular weight is 949 g/mol. The molecule has 1 unspecified atom stereocenters. The number of hydrogen-bond donors (Lipinski definition) is 13. The molecule has 0 saturated heterocycles. The van der Waals surface area contributed by atoms with E-state index in [2.05, 4.69) is 21.3 Å². The number of aliphatic carboxylic acids is 8. The number of carbonyl (C=O) groups excluding carboxylic acids is 4. The molecule has 0 fully saturated rings. The molecule has 0 radical (unpaired) electrons. The van der Waals surface area contributed by atoms with Crippen molar-refractivity contribution < 1.29 is 103 Å². The SMILES string of the molecule is CNC(CCC(=O)NC(CCC(=O)O)(CCC(=O)O)CCC(=O)O)(CCC(=O)NC(CCC(=O)O)(CCC(=O)O)CCC(=O)O)CCC(=O)NC(CCC(=O)O)(CCC(=O)O)CC(O)C=O. The monoisotopic (exact) mass is 948 g/mol. The van der Waals surface area contributed by atoms with Crippen molar-refractivity contribution in [1.29, 1.82) is 0 Å². The third-order valence-electron chi connectivity index (χ3n) is 11.5. The minimum Gasteiger partial charge on any atom is -0.481 e. The molecule has 0 aromatic carbocycles. The van der Waals surface area contributed by atoms with E-state index in [0.29, 0.717) is 0 Å². The highest BCUT2D eigenvalue weighted by molar-refractivity contribution is 5.80. The molecule has 25 heteroatoms. The van der Waals surface area contributed by atoms with E-state index in [-0.39, 0.29) is 64.1 Å². The Hall–Kier alpha value is -6.24. The largest absolute Gasteiger partial charge is 0.481 e. The quantitative estimate of drug-likeness (QED) is 0.0376. The highest BCUT2D eigenvalue weighted by Crippen LogP contribution is 2.32. The number of nitrogens with one attached hydrogen (secondary N) is 4. The normalized spacial score (nSPS) is 12.3. The minimum atomic E-state index is -1.75. The molecule has 0 bridgehead atoms. The van der Waals surface area contributed by atoms with Gasteiger partial charge in [-0.2, -0.15) is 0 Å². The molecule has 0 aliphatic heterocycles. The molecule has 0 saturated carbocycles.